The number of hydrogen-bond acceptors (Lipinski definition) is 5. The van der Waals surface area contributed by atoms with E-state index in [0.717, 1.165) is 0 Å². The Hall–Kier alpha value is -1.92. The van der Waals surface area contributed by atoms with E-state index in [0.29, 0.717) is 17.9 Å². The summed E-state index contributed by atoms with van der Waals surface area (Å²) in [6, 6.07) is 6.44. The summed E-state index contributed by atoms with van der Waals surface area (Å²) in [4.78, 5) is 22.1. The lowest BCUT2D eigenvalue weighted by molar-refractivity contribution is -0.138. The van der Waals surface area contributed by atoms with E-state index >= 15 is 0 Å². The number of aliphatic carboxylic acids is 1. The topological polar surface area (TPSA) is 93.1 Å². The lowest BCUT2D eigenvalue weighted by Gasteiger charge is -2.15. The number of aliphatic hydroxyl groups is 1. The highest BCUT2D eigenvalue weighted by Crippen LogP contribution is 2.17. The molecule has 116 valence electrons. The molecule has 0 amide bonds. The Morgan fingerprint density at radius 3 is 2.24 bits per heavy atom. The van der Waals surface area contributed by atoms with Crippen molar-refractivity contribution in [2.45, 2.75) is 25.9 Å². The lowest BCUT2D eigenvalue weighted by atomic mass is 9.97. The first-order chi connectivity index (χ1) is 9.80. The molecule has 1 rings (SSSR count). The zero-order valence-corrected chi connectivity index (χ0v) is 12.2. The van der Waals surface area contributed by atoms with Gasteiger partial charge >= 0.3 is 5.97 Å². The van der Waals surface area contributed by atoms with Crippen molar-refractivity contribution in [2.24, 2.45) is 0 Å². The summed E-state index contributed by atoms with van der Waals surface area (Å²) in [5.74, 6) is -0.682. The van der Waals surface area contributed by atoms with Gasteiger partial charge in [-0.25, -0.2) is 0 Å². The van der Waals surface area contributed by atoms with Gasteiger partial charge in [0.05, 0.1) is 19.6 Å². The van der Waals surface area contributed by atoms with Crippen molar-refractivity contribution < 1.29 is 29.3 Å². The van der Waals surface area contributed by atoms with Gasteiger partial charge in [0.2, 0.25) is 0 Å². The van der Waals surface area contributed by atoms with E-state index in [-0.39, 0.29) is 25.4 Å². The standard InChI is InChI=1S/C15H20O6/c1-15(2,19)14(18)11-3-5-12(6-4-11)21-10-9-20-8-7-13(16)17/h3-6,19H,7-10H2,1-2H3,(H,16,17). The number of carbonyl (C=O) groups excluding carboxylic acids is 1. The second-order valence-corrected chi connectivity index (χ2v) is 5.02. The molecule has 0 spiro atoms. The van der Waals surface area contributed by atoms with E-state index in [4.69, 9.17) is 14.6 Å². The molecule has 0 aliphatic rings. The molecule has 0 heterocycles. The first-order valence-electron chi connectivity index (χ1n) is 6.60. The van der Waals surface area contributed by atoms with Gasteiger partial charge in [-0.05, 0) is 38.1 Å². The predicted molar refractivity (Wildman–Crippen MR) is 75.6 cm³/mol. The van der Waals surface area contributed by atoms with Crippen LogP contribution in [0, 0.1) is 0 Å². The Morgan fingerprint density at radius 2 is 1.71 bits per heavy atom. The van der Waals surface area contributed by atoms with Crippen molar-refractivity contribution in [1.29, 1.82) is 0 Å². The van der Waals surface area contributed by atoms with Gasteiger partial charge < -0.3 is 19.7 Å². The van der Waals surface area contributed by atoms with E-state index in [9.17, 15) is 14.7 Å². The maximum Gasteiger partial charge on any atom is 0.305 e. The lowest BCUT2D eigenvalue weighted by Crippen LogP contribution is -2.30. The van der Waals surface area contributed by atoms with Gasteiger partial charge in [-0.3, -0.25) is 9.59 Å². The molecule has 1 aromatic rings. The molecule has 0 atom stereocenters. The minimum atomic E-state index is -1.40. The summed E-state index contributed by atoms with van der Waals surface area (Å²) in [5.41, 5.74) is -0.993. The molecule has 0 radical (unpaired) electrons. The van der Waals surface area contributed by atoms with Gasteiger partial charge in [0.25, 0.3) is 0 Å². The SMILES string of the molecule is CC(C)(O)C(=O)c1ccc(OCCOCCC(=O)O)cc1. The summed E-state index contributed by atoms with van der Waals surface area (Å²) >= 11 is 0. The Bertz CT molecular complexity index is 472. The van der Waals surface area contributed by atoms with E-state index < -0.39 is 11.6 Å². The van der Waals surface area contributed by atoms with Gasteiger partial charge in [-0.15, -0.1) is 0 Å². The fraction of sp³-hybridized carbons (Fsp3) is 0.467. The number of Topliss-reactive ketones (excluding diaryl/α,β-unsaturated/α-hetero) is 1. The summed E-state index contributed by atoms with van der Waals surface area (Å²) in [6.45, 7) is 3.61. The Morgan fingerprint density at radius 1 is 1.10 bits per heavy atom. The average Bonchev–Trinajstić information content (AvgIpc) is 2.41. The third-order valence-electron chi connectivity index (χ3n) is 2.63. The van der Waals surface area contributed by atoms with Gasteiger partial charge in [0.1, 0.15) is 18.0 Å². The molecule has 21 heavy (non-hydrogen) atoms. The van der Waals surface area contributed by atoms with E-state index in [1.807, 2.05) is 0 Å². The summed E-state index contributed by atoms with van der Waals surface area (Å²) in [6.07, 6.45) is -0.0340. The zero-order chi connectivity index (χ0) is 15.9. The van der Waals surface area contributed by atoms with Crippen LogP contribution in [0.4, 0.5) is 0 Å². The second-order valence-electron chi connectivity index (χ2n) is 5.02. The van der Waals surface area contributed by atoms with Crippen molar-refractivity contribution in [3.05, 3.63) is 29.8 Å². The van der Waals surface area contributed by atoms with Crippen molar-refractivity contribution in [2.75, 3.05) is 19.8 Å². The maximum atomic E-state index is 11.8. The van der Waals surface area contributed by atoms with Crippen LogP contribution in [0.2, 0.25) is 0 Å². The molecule has 0 bridgehead atoms. The van der Waals surface area contributed by atoms with Crippen LogP contribution in [-0.4, -0.2) is 47.4 Å². The minimum Gasteiger partial charge on any atom is -0.491 e. The summed E-state index contributed by atoms with van der Waals surface area (Å²) < 4.78 is 10.5. The highest BCUT2D eigenvalue weighted by atomic mass is 16.5. The van der Waals surface area contributed by atoms with E-state index in [2.05, 4.69) is 0 Å². The number of carbonyl (C=O) groups is 2. The van der Waals surface area contributed by atoms with Crippen LogP contribution in [0.5, 0.6) is 5.75 Å². The number of hydrogen-bond donors (Lipinski definition) is 2. The van der Waals surface area contributed by atoms with Crippen LogP contribution in [0.15, 0.2) is 24.3 Å². The highest BCUT2D eigenvalue weighted by Gasteiger charge is 2.24. The van der Waals surface area contributed by atoms with Crippen LogP contribution in [-0.2, 0) is 9.53 Å². The van der Waals surface area contributed by atoms with Gasteiger partial charge in [0, 0.05) is 5.56 Å². The minimum absolute atomic E-state index is 0.0340. The summed E-state index contributed by atoms with van der Waals surface area (Å²) in [7, 11) is 0. The third-order valence-corrected chi connectivity index (χ3v) is 2.63. The number of rotatable bonds is 9. The molecule has 0 aliphatic heterocycles. The van der Waals surface area contributed by atoms with Crippen LogP contribution >= 0.6 is 0 Å². The van der Waals surface area contributed by atoms with Crippen LogP contribution in [0.25, 0.3) is 0 Å². The van der Waals surface area contributed by atoms with E-state index in [1.54, 1.807) is 24.3 Å². The molecular weight excluding hydrogens is 276 g/mol. The second kappa shape index (κ2) is 7.75. The molecule has 0 aromatic heterocycles. The van der Waals surface area contributed by atoms with Crippen molar-refractivity contribution in [3.63, 3.8) is 0 Å². The molecule has 0 aliphatic carbocycles. The normalized spacial score (nSPS) is 11.2. The third kappa shape index (κ3) is 6.37. The van der Waals surface area contributed by atoms with Crippen molar-refractivity contribution in [1.82, 2.24) is 0 Å². The molecule has 0 fully saturated rings. The largest absolute Gasteiger partial charge is 0.491 e. The Kier molecular flexibility index (Phi) is 6.33. The molecule has 2 N–H and O–H groups in total. The molecule has 0 saturated carbocycles. The molecule has 6 nitrogen and oxygen atoms in total. The Balaban J connectivity index is 2.35. The van der Waals surface area contributed by atoms with Crippen molar-refractivity contribution >= 4 is 11.8 Å². The number of benzene rings is 1. The van der Waals surface area contributed by atoms with Gasteiger partial charge in [0.15, 0.2) is 5.78 Å². The maximum absolute atomic E-state index is 11.8. The average molecular weight is 296 g/mol. The number of ketones is 1. The van der Waals surface area contributed by atoms with Gasteiger partial charge in [-0.1, -0.05) is 0 Å². The Labute approximate surface area is 123 Å². The van der Waals surface area contributed by atoms with Crippen LogP contribution in [0.3, 0.4) is 0 Å². The van der Waals surface area contributed by atoms with Crippen LogP contribution in [0.1, 0.15) is 30.6 Å². The highest BCUT2D eigenvalue weighted by molar-refractivity contribution is 6.01. The van der Waals surface area contributed by atoms with E-state index in [1.165, 1.54) is 13.8 Å². The first kappa shape index (κ1) is 17.1. The monoisotopic (exact) mass is 296 g/mol. The summed E-state index contributed by atoms with van der Waals surface area (Å²) in [5, 5.41) is 18.1. The molecular formula is C15H20O6. The predicted octanol–water partition coefficient (Wildman–Crippen LogP) is 1.51. The fourth-order valence-electron chi connectivity index (χ4n) is 1.54. The number of carboxylic acids is 1. The zero-order valence-electron chi connectivity index (χ0n) is 12.2. The molecule has 0 unspecified atom stereocenters. The number of ether oxygens (including phenoxy) is 2. The smallest absolute Gasteiger partial charge is 0.305 e. The quantitative estimate of drug-likeness (QED) is 0.530. The molecule has 0 saturated heterocycles. The van der Waals surface area contributed by atoms with Gasteiger partial charge in [-0.2, -0.15) is 0 Å². The van der Waals surface area contributed by atoms with Crippen LogP contribution < -0.4 is 4.74 Å². The molecule has 6 heteroatoms. The number of carboxylic acid groups (broad SMARTS) is 1. The molecule has 1 aromatic carbocycles. The van der Waals surface area contributed by atoms with Crippen molar-refractivity contribution in [3.8, 4) is 5.75 Å². The fourth-order valence-corrected chi connectivity index (χ4v) is 1.54. The first-order valence-corrected chi connectivity index (χ1v) is 6.60.